The largest absolute Gasteiger partial charge is 0.451 e. The fourth-order valence-electron chi connectivity index (χ4n) is 2.15. The van der Waals surface area contributed by atoms with Crippen LogP contribution >= 0.6 is 0 Å². The number of amides is 2. The number of aliphatic hydroxyl groups is 1. The molecule has 0 aliphatic rings. The Bertz CT molecular complexity index is 802. The van der Waals surface area contributed by atoms with Crippen LogP contribution in [0.3, 0.4) is 0 Å². The minimum Gasteiger partial charge on any atom is -0.451 e. The Hall–Kier alpha value is -2.85. The molecule has 0 spiro atoms. The molecule has 0 aliphatic carbocycles. The summed E-state index contributed by atoms with van der Waals surface area (Å²) in [6.07, 6.45) is -5.84. The normalized spacial score (nSPS) is 13.3. The van der Waals surface area contributed by atoms with Gasteiger partial charge in [-0.25, -0.2) is 5.48 Å². The summed E-state index contributed by atoms with van der Waals surface area (Å²) < 4.78 is 43.5. The van der Waals surface area contributed by atoms with Gasteiger partial charge in [-0.05, 0) is 31.2 Å². The number of carbonyl (C=O) groups excluding carboxylic acids is 2. The predicted molar refractivity (Wildman–Crippen MR) is 88.7 cm³/mol. The van der Waals surface area contributed by atoms with Gasteiger partial charge < -0.3 is 14.8 Å². The van der Waals surface area contributed by atoms with E-state index >= 15 is 0 Å². The third-order valence-electron chi connectivity index (χ3n) is 3.47. The van der Waals surface area contributed by atoms with Crippen molar-refractivity contribution in [3.8, 4) is 11.3 Å². The van der Waals surface area contributed by atoms with Crippen LogP contribution in [-0.2, 0) is 11.0 Å². The summed E-state index contributed by atoms with van der Waals surface area (Å²) in [4.78, 5) is 23.5. The van der Waals surface area contributed by atoms with E-state index < -0.39 is 35.7 Å². The molecule has 27 heavy (non-hydrogen) atoms. The van der Waals surface area contributed by atoms with Crippen LogP contribution in [0.25, 0.3) is 11.3 Å². The second kappa shape index (κ2) is 8.69. The Morgan fingerprint density at radius 2 is 1.85 bits per heavy atom. The number of nitrogens with one attached hydrogen (secondary N) is 2. The van der Waals surface area contributed by atoms with Crippen molar-refractivity contribution in [3.05, 3.63) is 47.7 Å². The number of carbonyl (C=O) groups is 2. The molecule has 0 fully saturated rings. The molecule has 1 heterocycles. The Kier molecular flexibility index (Phi) is 7.14. The topological polar surface area (TPSA) is 112 Å². The molecule has 2 rings (SSSR count). The summed E-state index contributed by atoms with van der Waals surface area (Å²) in [7, 11) is 0. The highest BCUT2D eigenvalue weighted by molar-refractivity contribution is 5.96. The molecule has 1 aromatic heterocycles. The van der Waals surface area contributed by atoms with E-state index in [2.05, 4.69) is 5.32 Å². The number of rotatable bonds is 5. The van der Waals surface area contributed by atoms with Crippen molar-refractivity contribution in [2.75, 3.05) is 0 Å². The van der Waals surface area contributed by atoms with E-state index in [0.717, 1.165) is 12.1 Å². The first-order valence-corrected chi connectivity index (χ1v) is 7.34. The molecular weight excluding hydrogens is 369 g/mol. The molecule has 1 aromatic carbocycles. The van der Waals surface area contributed by atoms with E-state index in [1.165, 1.54) is 36.7 Å². The number of halogens is 3. The molecule has 2 amide bonds. The lowest BCUT2D eigenvalue weighted by atomic mass is 10.1. The van der Waals surface area contributed by atoms with Crippen LogP contribution in [0.2, 0.25) is 0 Å². The van der Waals surface area contributed by atoms with Crippen molar-refractivity contribution in [2.45, 2.75) is 32.7 Å². The Morgan fingerprint density at radius 3 is 2.41 bits per heavy atom. The molecule has 0 bridgehead atoms. The third kappa shape index (κ3) is 5.31. The van der Waals surface area contributed by atoms with Crippen molar-refractivity contribution in [1.82, 2.24) is 10.8 Å². The maximum absolute atomic E-state index is 12.8. The first kappa shape index (κ1) is 22.2. The van der Waals surface area contributed by atoms with Gasteiger partial charge in [0.25, 0.3) is 11.8 Å². The van der Waals surface area contributed by atoms with Crippen LogP contribution in [0.4, 0.5) is 13.2 Å². The van der Waals surface area contributed by atoms with Gasteiger partial charge in [-0.3, -0.25) is 14.8 Å². The monoisotopic (exact) mass is 388 g/mol. The highest BCUT2D eigenvalue weighted by Gasteiger charge is 2.31. The van der Waals surface area contributed by atoms with Gasteiger partial charge in [0, 0.05) is 5.56 Å². The van der Waals surface area contributed by atoms with E-state index in [4.69, 9.17) is 9.62 Å². The Morgan fingerprint density at radius 1 is 1.19 bits per heavy atom. The summed E-state index contributed by atoms with van der Waals surface area (Å²) in [6.45, 7) is 1.22. The van der Waals surface area contributed by atoms with Crippen LogP contribution in [0.15, 0.2) is 40.8 Å². The minimum absolute atomic E-state index is 0. The van der Waals surface area contributed by atoms with Crippen LogP contribution in [0, 0.1) is 0 Å². The third-order valence-corrected chi connectivity index (χ3v) is 3.47. The Balaban J connectivity index is 0.00000364. The number of hydrogen-bond acceptors (Lipinski definition) is 5. The first-order chi connectivity index (χ1) is 12.1. The number of hydrogen-bond donors (Lipinski definition) is 4. The van der Waals surface area contributed by atoms with Crippen molar-refractivity contribution < 1.29 is 37.5 Å². The number of benzene rings is 1. The molecular formula is C17H19F3N2O5. The lowest BCUT2D eigenvalue weighted by Gasteiger charge is -2.18. The van der Waals surface area contributed by atoms with Crippen molar-refractivity contribution in [3.63, 3.8) is 0 Å². The summed E-state index contributed by atoms with van der Waals surface area (Å²) in [5, 5.41) is 20.2. The summed E-state index contributed by atoms with van der Waals surface area (Å²) in [5.41, 5.74) is 0.545. The van der Waals surface area contributed by atoms with Gasteiger partial charge in [0.15, 0.2) is 5.76 Å². The first-order valence-electron chi connectivity index (χ1n) is 7.34. The standard InChI is InChI=1S/C16H15F3N2O5.CH4/c1-8(22)13(15(24)21-25)20-14(23)12-6-5-11(26-12)9-3-2-4-10(7-9)16(17,18)19;/h2-8,13,22,25H,1H3,(H,20,23)(H,21,24);1H4/t8-,13+;/m1./s1. The number of alkyl halides is 3. The average molecular weight is 388 g/mol. The average Bonchev–Trinajstić information content (AvgIpc) is 3.08. The van der Waals surface area contributed by atoms with E-state index in [-0.39, 0.29) is 24.5 Å². The Labute approximate surface area is 152 Å². The SMILES string of the molecule is C.C[C@@H](O)[C@H](NC(=O)c1ccc(-c2cccc(C(F)(F)F)c2)o1)C(=O)NO. The highest BCUT2D eigenvalue weighted by Crippen LogP contribution is 2.32. The minimum atomic E-state index is -4.52. The van der Waals surface area contributed by atoms with Crippen molar-refractivity contribution in [1.29, 1.82) is 0 Å². The maximum atomic E-state index is 12.8. The number of hydroxylamine groups is 1. The zero-order valence-electron chi connectivity index (χ0n) is 13.4. The summed E-state index contributed by atoms with van der Waals surface area (Å²) >= 11 is 0. The molecule has 0 saturated heterocycles. The zero-order valence-corrected chi connectivity index (χ0v) is 13.4. The van der Waals surface area contributed by atoms with Gasteiger partial charge in [-0.1, -0.05) is 19.6 Å². The molecule has 2 atom stereocenters. The summed E-state index contributed by atoms with van der Waals surface area (Å²) in [5.74, 6) is -2.20. The second-order valence-electron chi connectivity index (χ2n) is 5.41. The predicted octanol–water partition coefficient (Wildman–Crippen LogP) is 2.59. The van der Waals surface area contributed by atoms with Crippen LogP contribution in [0.1, 0.15) is 30.5 Å². The molecule has 0 aliphatic heterocycles. The quantitative estimate of drug-likeness (QED) is 0.465. The van der Waals surface area contributed by atoms with Gasteiger partial charge in [0.2, 0.25) is 0 Å². The van der Waals surface area contributed by atoms with E-state index in [0.29, 0.717) is 0 Å². The molecule has 0 saturated carbocycles. The van der Waals surface area contributed by atoms with Gasteiger partial charge in [-0.2, -0.15) is 13.2 Å². The van der Waals surface area contributed by atoms with Crippen LogP contribution in [0.5, 0.6) is 0 Å². The van der Waals surface area contributed by atoms with Crippen molar-refractivity contribution >= 4 is 11.8 Å². The maximum Gasteiger partial charge on any atom is 0.416 e. The smallest absolute Gasteiger partial charge is 0.416 e. The van der Waals surface area contributed by atoms with Gasteiger partial charge in [-0.15, -0.1) is 0 Å². The van der Waals surface area contributed by atoms with Gasteiger partial charge >= 0.3 is 6.18 Å². The molecule has 148 valence electrons. The van der Waals surface area contributed by atoms with Crippen molar-refractivity contribution in [2.24, 2.45) is 0 Å². The molecule has 0 radical (unpaired) electrons. The highest BCUT2D eigenvalue weighted by atomic mass is 19.4. The number of aliphatic hydroxyl groups excluding tert-OH is 1. The molecule has 4 N–H and O–H groups in total. The zero-order chi connectivity index (χ0) is 19.5. The van der Waals surface area contributed by atoms with Gasteiger partial charge in [0.1, 0.15) is 11.8 Å². The lowest BCUT2D eigenvalue weighted by Crippen LogP contribution is -2.51. The van der Waals surface area contributed by atoms with E-state index in [9.17, 15) is 27.9 Å². The fourth-order valence-corrected chi connectivity index (χ4v) is 2.15. The second-order valence-corrected chi connectivity index (χ2v) is 5.41. The van der Waals surface area contributed by atoms with Crippen LogP contribution < -0.4 is 10.8 Å². The molecule has 10 heteroatoms. The number of furan rings is 1. The van der Waals surface area contributed by atoms with E-state index in [1.54, 1.807) is 0 Å². The summed E-state index contributed by atoms with van der Waals surface area (Å²) in [6, 6.07) is 5.42. The fraction of sp³-hybridized carbons (Fsp3) is 0.294. The van der Waals surface area contributed by atoms with E-state index in [1.807, 2.05) is 0 Å². The molecule has 7 nitrogen and oxygen atoms in total. The lowest BCUT2D eigenvalue weighted by molar-refractivity contribution is -0.137. The van der Waals surface area contributed by atoms with Crippen LogP contribution in [-0.4, -0.2) is 34.3 Å². The molecule has 2 aromatic rings. The molecule has 0 unspecified atom stereocenters. The van der Waals surface area contributed by atoms with Gasteiger partial charge in [0.05, 0.1) is 11.7 Å².